The Hall–Kier alpha value is -2.89. The maximum Gasteiger partial charge on any atom is 0.253 e. The van der Waals surface area contributed by atoms with Gasteiger partial charge in [-0.2, -0.15) is 5.10 Å². The fraction of sp³-hybridized carbons (Fsp3) is 0.381. The van der Waals surface area contributed by atoms with Crippen molar-refractivity contribution in [1.29, 1.82) is 0 Å². The molecule has 0 aliphatic carbocycles. The van der Waals surface area contributed by atoms with Gasteiger partial charge in [0.05, 0.1) is 24.9 Å². The van der Waals surface area contributed by atoms with Crippen LogP contribution in [0, 0.1) is 5.92 Å². The quantitative estimate of drug-likeness (QED) is 0.712. The van der Waals surface area contributed by atoms with Crippen LogP contribution in [-0.4, -0.2) is 27.8 Å². The van der Waals surface area contributed by atoms with Gasteiger partial charge in [0.15, 0.2) is 5.65 Å². The smallest absolute Gasteiger partial charge is 0.253 e. The molecule has 0 radical (unpaired) electrons. The maximum atomic E-state index is 12.8. The molecule has 3 aromatic rings. The Morgan fingerprint density at radius 1 is 1.11 bits per heavy atom. The van der Waals surface area contributed by atoms with E-state index < -0.39 is 0 Å². The van der Waals surface area contributed by atoms with Gasteiger partial charge in [-0.05, 0) is 43.5 Å². The van der Waals surface area contributed by atoms with Crippen molar-refractivity contribution in [2.75, 3.05) is 7.11 Å². The van der Waals surface area contributed by atoms with Crippen LogP contribution < -0.4 is 10.1 Å². The molecule has 1 amide bonds. The highest BCUT2D eigenvalue weighted by Gasteiger charge is 2.20. The Bertz CT molecular complexity index is 929. The monoisotopic (exact) mass is 366 g/mol. The van der Waals surface area contributed by atoms with Crippen LogP contribution >= 0.6 is 0 Å². The number of nitrogens with one attached hydrogen (secondary N) is 1. The minimum atomic E-state index is -0.142. The molecule has 0 fully saturated rings. The van der Waals surface area contributed by atoms with Gasteiger partial charge in [0.2, 0.25) is 0 Å². The van der Waals surface area contributed by atoms with Crippen molar-refractivity contribution in [1.82, 2.24) is 20.1 Å². The Kier molecular flexibility index (Phi) is 5.44. The number of ether oxygens (including phenoxy) is 1. The molecule has 142 valence electrons. The summed E-state index contributed by atoms with van der Waals surface area (Å²) in [6.07, 6.45) is 3.37. The molecule has 6 heteroatoms. The lowest BCUT2D eigenvalue weighted by molar-refractivity contribution is 0.0925. The molecule has 2 heterocycles. The van der Waals surface area contributed by atoms with E-state index in [9.17, 15) is 4.79 Å². The van der Waals surface area contributed by atoms with E-state index in [0.29, 0.717) is 5.56 Å². The molecule has 27 heavy (non-hydrogen) atoms. The van der Waals surface area contributed by atoms with E-state index in [1.54, 1.807) is 19.5 Å². The van der Waals surface area contributed by atoms with Crippen LogP contribution in [-0.2, 0) is 0 Å². The molecule has 0 spiro atoms. The molecule has 3 rings (SSSR count). The number of aromatic nitrogens is 3. The van der Waals surface area contributed by atoms with Gasteiger partial charge < -0.3 is 10.1 Å². The fourth-order valence-corrected chi connectivity index (χ4v) is 3.11. The number of rotatable bonds is 6. The Morgan fingerprint density at radius 2 is 1.81 bits per heavy atom. The van der Waals surface area contributed by atoms with Gasteiger partial charge in [-0.25, -0.2) is 9.67 Å². The lowest BCUT2D eigenvalue weighted by Gasteiger charge is -2.23. The molecule has 1 atom stereocenters. The molecule has 0 aliphatic rings. The van der Waals surface area contributed by atoms with E-state index in [0.717, 1.165) is 22.3 Å². The summed E-state index contributed by atoms with van der Waals surface area (Å²) in [7, 11) is 1.64. The number of benzene rings is 1. The summed E-state index contributed by atoms with van der Waals surface area (Å²) < 4.78 is 7.07. The zero-order chi connectivity index (χ0) is 19.6. The molecule has 0 saturated heterocycles. The summed E-state index contributed by atoms with van der Waals surface area (Å²) in [5.74, 6) is 0.892. The SMILES string of the molecule is COc1ccc(C(NC(=O)c2cnc3c(cnn3C(C)C)c2)C(C)C)cc1. The van der Waals surface area contributed by atoms with E-state index in [-0.39, 0.29) is 23.9 Å². The van der Waals surface area contributed by atoms with Crippen LogP contribution in [0.5, 0.6) is 5.75 Å². The van der Waals surface area contributed by atoms with Crippen molar-refractivity contribution in [3.05, 3.63) is 53.9 Å². The van der Waals surface area contributed by atoms with Crippen molar-refractivity contribution in [2.24, 2.45) is 5.92 Å². The third-order valence-corrected chi connectivity index (χ3v) is 4.61. The second kappa shape index (κ2) is 7.78. The highest BCUT2D eigenvalue weighted by molar-refractivity contribution is 5.97. The van der Waals surface area contributed by atoms with Gasteiger partial charge >= 0.3 is 0 Å². The Labute approximate surface area is 159 Å². The fourth-order valence-electron chi connectivity index (χ4n) is 3.11. The average Bonchev–Trinajstić information content (AvgIpc) is 3.09. The zero-order valence-corrected chi connectivity index (χ0v) is 16.4. The molecule has 1 aromatic carbocycles. The lowest BCUT2D eigenvalue weighted by atomic mass is 9.95. The summed E-state index contributed by atoms with van der Waals surface area (Å²) in [5.41, 5.74) is 2.36. The van der Waals surface area contributed by atoms with E-state index >= 15 is 0 Å². The van der Waals surface area contributed by atoms with E-state index in [2.05, 4.69) is 43.1 Å². The van der Waals surface area contributed by atoms with E-state index in [1.165, 1.54) is 0 Å². The maximum absolute atomic E-state index is 12.8. The largest absolute Gasteiger partial charge is 0.497 e. The Balaban J connectivity index is 1.84. The first kappa shape index (κ1) is 18.9. The van der Waals surface area contributed by atoms with E-state index in [4.69, 9.17) is 4.74 Å². The summed E-state index contributed by atoms with van der Waals surface area (Å²) >= 11 is 0. The number of carbonyl (C=O) groups is 1. The molecule has 1 N–H and O–H groups in total. The predicted molar refractivity (Wildman–Crippen MR) is 106 cm³/mol. The topological polar surface area (TPSA) is 69.0 Å². The van der Waals surface area contributed by atoms with Gasteiger partial charge in [0, 0.05) is 17.6 Å². The molecule has 2 aromatic heterocycles. The van der Waals surface area contributed by atoms with Crippen LogP contribution in [0.4, 0.5) is 0 Å². The van der Waals surface area contributed by atoms with Gasteiger partial charge in [0.25, 0.3) is 5.91 Å². The molecule has 0 saturated carbocycles. The highest BCUT2D eigenvalue weighted by Crippen LogP contribution is 2.25. The number of hydrogen-bond donors (Lipinski definition) is 1. The zero-order valence-electron chi connectivity index (χ0n) is 16.4. The molecule has 0 aliphatic heterocycles. The summed E-state index contributed by atoms with van der Waals surface area (Å²) in [5, 5.41) is 8.36. The van der Waals surface area contributed by atoms with E-state index in [1.807, 2.05) is 35.0 Å². The normalized spacial score (nSPS) is 12.6. The number of pyridine rings is 1. The molecular weight excluding hydrogens is 340 g/mol. The second-order valence-corrected chi connectivity index (χ2v) is 7.29. The highest BCUT2D eigenvalue weighted by atomic mass is 16.5. The standard InChI is InChI=1S/C21H26N4O2/c1-13(2)19(15-6-8-18(27-5)9-7-15)24-21(26)17-10-16-12-23-25(14(3)4)20(16)22-11-17/h6-14,19H,1-5H3,(H,24,26). The van der Waals surface area contributed by atoms with Crippen LogP contribution in [0.3, 0.4) is 0 Å². The first-order chi connectivity index (χ1) is 12.9. The van der Waals surface area contributed by atoms with Gasteiger partial charge in [-0.1, -0.05) is 26.0 Å². The average molecular weight is 366 g/mol. The van der Waals surface area contributed by atoms with Crippen molar-refractivity contribution in [3.63, 3.8) is 0 Å². The molecule has 6 nitrogen and oxygen atoms in total. The van der Waals surface area contributed by atoms with Crippen molar-refractivity contribution in [3.8, 4) is 5.75 Å². The third kappa shape index (κ3) is 3.94. The summed E-state index contributed by atoms with van der Waals surface area (Å²) in [6, 6.07) is 9.74. The van der Waals surface area contributed by atoms with Crippen molar-refractivity contribution < 1.29 is 9.53 Å². The van der Waals surface area contributed by atoms with Crippen molar-refractivity contribution in [2.45, 2.75) is 39.8 Å². The first-order valence-corrected chi connectivity index (χ1v) is 9.18. The number of nitrogens with zero attached hydrogens (tertiary/aromatic N) is 3. The number of carbonyl (C=O) groups excluding carboxylic acids is 1. The van der Waals surface area contributed by atoms with Crippen molar-refractivity contribution >= 4 is 16.9 Å². The van der Waals surface area contributed by atoms with Crippen LogP contribution in [0.1, 0.15) is 55.7 Å². The third-order valence-electron chi connectivity index (χ3n) is 4.61. The molecule has 1 unspecified atom stereocenters. The number of fused-ring (bicyclic) bond motifs is 1. The lowest BCUT2D eigenvalue weighted by Crippen LogP contribution is -2.31. The number of amides is 1. The van der Waals surface area contributed by atoms with Gasteiger partial charge in [0.1, 0.15) is 5.75 Å². The molecular formula is C21H26N4O2. The minimum Gasteiger partial charge on any atom is -0.497 e. The number of hydrogen-bond acceptors (Lipinski definition) is 4. The van der Waals surface area contributed by atoms with Crippen LogP contribution in [0.2, 0.25) is 0 Å². The minimum absolute atomic E-state index is 0.0995. The second-order valence-electron chi connectivity index (χ2n) is 7.29. The Morgan fingerprint density at radius 3 is 2.41 bits per heavy atom. The van der Waals surface area contributed by atoms with Crippen LogP contribution in [0.15, 0.2) is 42.7 Å². The number of methoxy groups -OCH3 is 1. The summed E-state index contributed by atoms with van der Waals surface area (Å²) in [6.45, 7) is 8.28. The summed E-state index contributed by atoms with van der Waals surface area (Å²) in [4.78, 5) is 17.3. The first-order valence-electron chi connectivity index (χ1n) is 9.18. The van der Waals surface area contributed by atoms with Crippen LogP contribution in [0.25, 0.3) is 11.0 Å². The van der Waals surface area contributed by atoms with Gasteiger partial charge in [-0.15, -0.1) is 0 Å². The van der Waals surface area contributed by atoms with Gasteiger partial charge in [-0.3, -0.25) is 4.79 Å². The predicted octanol–water partition coefficient (Wildman–Crippen LogP) is 4.15. The molecule has 0 bridgehead atoms.